The van der Waals surface area contributed by atoms with E-state index in [2.05, 4.69) is 4.98 Å². The van der Waals surface area contributed by atoms with Crippen LogP contribution in [0.1, 0.15) is 10.4 Å². The van der Waals surface area contributed by atoms with Gasteiger partial charge in [-0.25, -0.2) is 4.79 Å². The van der Waals surface area contributed by atoms with Gasteiger partial charge in [-0.05, 0) is 30.5 Å². The Labute approximate surface area is 104 Å². The molecule has 2 rings (SSSR count). The third-order valence-corrected chi connectivity index (χ3v) is 3.15. The number of aromatic carboxylic acids is 1. The number of carboxylic acids is 1. The van der Waals surface area contributed by atoms with Crippen LogP contribution < -0.4 is 0 Å². The van der Waals surface area contributed by atoms with Gasteiger partial charge in [0.25, 0.3) is 0 Å². The van der Waals surface area contributed by atoms with Crippen molar-refractivity contribution >= 4 is 17.7 Å². The lowest BCUT2D eigenvalue weighted by molar-refractivity contribution is 0.0697. The van der Waals surface area contributed by atoms with Gasteiger partial charge in [0.05, 0.1) is 11.3 Å². The molecule has 0 aliphatic rings. The molecule has 0 spiro atoms. The SMILES string of the molecule is CSc1ccc(-c2ncccc2C(=O)O)cc1. The molecule has 0 amide bonds. The molecular weight excluding hydrogens is 234 g/mol. The summed E-state index contributed by atoms with van der Waals surface area (Å²) in [6, 6.07) is 10.9. The van der Waals surface area contributed by atoms with Gasteiger partial charge in [-0.1, -0.05) is 12.1 Å². The number of rotatable bonds is 3. The highest BCUT2D eigenvalue weighted by molar-refractivity contribution is 7.98. The number of nitrogens with zero attached hydrogens (tertiary/aromatic N) is 1. The van der Waals surface area contributed by atoms with Gasteiger partial charge in [0, 0.05) is 16.7 Å². The first-order valence-electron chi connectivity index (χ1n) is 5.05. The Morgan fingerprint density at radius 2 is 1.94 bits per heavy atom. The van der Waals surface area contributed by atoms with Crippen molar-refractivity contribution in [2.75, 3.05) is 6.26 Å². The van der Waals surface area contributed by atoms with Gasteiger partial charge in [-0.3, -0.25) is 4.98 Å². The van der Waals surface area contributed by atoms with Crippen LogP contribution in [0.4, 0.5) is 0 Å². The molecule has 0 aliphatic heterocycles. The fourth-order valence-corrected chi connectivity index (χ4v) is 1.97. The lowest BCUT2D eigenvalue weighted by Gasteiger charge is -2.05. The fourth-order valence-electron chi connectivity index (χ4n) is 1.56. The molecule has 2 aromatic rings. The van der Waals surface area contributed by atoms with E-state index in [1.807, 2.05) is 30.5 Å². The number of carbonyl (C=O) groups is 1. The van der Waals surface area contributed by atoms with E-state index >= 15 is 0 Å². The van der Waals surface area contributed by atoms with Gasteiger partial charge in [0.15, 0.2) is 0 Å². The van der Waals surface area contributed by atoms with Crippen LogP contribution in [0.25, 0.3) is 11.3 Å². The summed E-state index contributed by atoms with van der Waals surface area (Å²) in [5, 5.41) is 9.08. The van der Waals surface area contributed by atoms with E-state index in [0.29, 0.717) is 5.69 Å². The first-order valence-corrected chi connectivity index (χ1v) is 6.27. The Morgan fingerprint density at radius 1 is 1.24 bits per heavy atom. The van der Waals surface area contributed by atoms with Gasteiger partial charge in [0.2, 0.25) is 0 Å². The molecule has 4 heteroatoms. The molecule has 0 atom stereocenters. The minimum absolute atomic E-state index is 0.226. The van der Waals surface area contributed by atoms with E-state index < -0.39 is 5.97 Å². The largest absolute Gasteiger partial charge is 0.478 e. The van der Waals surface area contributed by atoms with Crippen molar-refractivity contribution in [2.45, 2.75) is 4.90 Å². The smallest absolute Gasteiger partial charge is 0.337 e. The molecule has 1 N–H and O–H groups in total. The Balaban J connectivity index is 2.48. The van der Waals surface area contributed by atoms with Gasteiger partial charge in [-0.2, -0.15) is 0 Å². The maximum atomic E-state index is 11.1. The predicted octanol–water partition coefficient (Wildman–Crippen LogP) is 3.17. The van der Waals surface area contributed by atoms with Crippen molar-refractivity contribution in [3.05, 3.63) is 48.2 Å². The molecule has 86 valence electrons. The highest BCUT2D eigenvalue weighted by atomic mass is 32.2. The Hall–Kier alpha value is -1.81. The maximum Gasteiger partial charge on any atom is 0.337 e. The fraction of sp³-hybridized carbons (Fsp3) is 0.0769. The average Bonchev–Trinajstić information content (AvgIpc) is 2.39. The third kappa shape index (κ3) is 2.47. The number of hydrogen-bond donors (Lipinski definition) is 1. The Kier molecular flexibility index (Phi) is 3.44. The summed E-state index contributed by atoms with van der Waals surface area (Å²) in [7, 11) is 0. The van der Waals surface area contributed by atoms with Gasteiger partial charge in [0.1, 0.15) is 0 Å². The molecule has 0 saturated heterocycles. The molecule has 1 heterocycles. The van der Waals surface area contributed by atoms with Crippen LogP contribution in [0.5, 0.6) is 0 Å². The molecule has 1 aromatic heterocycles. The van der Waals surface area contributed by atoms with E-state index in [4.69, 9.17) is 5.11 Å². The summed E-state index contributed by atoms with van der Waals surface area (Å²) in [5.74, 6) is -0.956. The second kappa shape index (κ2) is 5.01. The number of hydrogen-bond acceptors (Lipinski definition) is 3. The molecule has 0 bridgehead atoms. The number of aromatic nitrogens is 1. The summed E-state index contributed by atoms with van der Waals surface area (Å²) in [6.45, 7) is 0. The third-order valence-electron chi connectivity index (χ3n) is 2.40. The maximum absolute atomic E-state index is 11.1. The van der Waals surface area contributed by atoms with Crippen LogP contribution in [-0.2, 0) is 0 Å². The van der Waals surface area contributed by atoms with Crippen LogP contribution >= 0.6 is 11.8 Å². The highest BCUT2D eigenvalue weighted by Gasteiger charge is 2.11. The lowest BCUT2D eigenvalue weighted by atomic mass is 10.1. The monoisotopic (exact) mass is 245 g/mol. The number of benzene rings is 1. The molecule has 3 nitrogen and oxygen atoms in total. The zero-order valence-electron chi connectivity index (χ0n) is 9.25. The quantitative estimate of drug-likeness (QED) is 0.844. The highest BCUT2D eigenvalue weighted by Crippen LogP contribution is 2.24. The van der Waals surface area contributed by atoms with Crippen molar-refractivity contribution in [2.24, 2.45) is 0 Å². The van der Waals surface area contributed by atoms with Crippen LogP contribution in [0.3, 0.4) is 0 Å². The minimum Gasteiger partial charge on any atom is -0.478 e. The number of thioether (sulfide) groups is 1. The van der Waals surface area contributed by atoms with Crippen LogP contribution in [0.15, 0.2) is 47.5 Å². The standard InChI is InChI=1S/C13H11NO2S/c1-17-10-6-4-9(5-7-10)12-11(13(15)16)3-2-8-14-12/h2-8H,1H3,(H,15,16). The summed E-state index contributed by atoms with van der Waals surface area (Å²) < 4.78 is 0. The lowest BCUT2D eigenvalue weighted by Crippen LogP contribution is -2.00. The summed E-state index contributed by atoms with van der Waals surface area (Å²) in [6.07, 6.45) is 3.60. The van der Waals surface area contributed by atoms with Crippen LogP contribution in [0, 0.1) is 0 Å². The second-order valence-corrected chi connectivity index (χ2v) is 4.31. The molecule has 0 saturated carbocycles. The number of pyridine rings is 1. The van der Waals surface area contributed by atoms with Crippen LogP contribution in [0.2, 0.25) is 0 Å². The Bertz CT molecular complexity index is 537. The van der Waals surface area contributed by atoms with Crippen molar-refractivity contribution < 1.29 is 9.90 Å². The summed E-state index contributed by atoms with van der Waals surface area (Å²) in [5.41, 5.74) is 1.55. The first kappa shape index (κ1) is 11.7. The van der Waals surface area contributed by atoms with Crippen molar-refractivity contribution in [3.63, 3.8) is 0 Å². The van der Waals surface area contributed by atoms with E-state index in [9.17, 15) is 4.79 Å². The molecule has 0 radical (unpaired) electrons. The second-order valence-electron chi connectivity index (χ2n) is 3.43. The molecular formula is C13H11NO2S. The predicted molar refractivity (Wildman–Crippen MR) is 68.4 cm³/mol. The summed E-state index contributed by atoms with van der Waals surface area (Å²) in [4.78, 5) is 16.4. The van der Waals surface area contributed by atoms with Crippen LogP contribution in [-0.4, -0.2) is 22.3 Å². The summed E-state index contributed by atoms with van der Waals surface area (Å²) >= 11 is 1.65. The van der Waals surface area contributed by atoms with E-state index in [0.717, 1.165) is 10.5 Å². The average molecular weight is 245 g/mol. The topological polar surface area (TPSA) is 50.2 Å². The first-order chi connectivity index (χ1) is 8.22. The normalized spacial score (nSPS) is 10.2. The minimum atomic E-state index is -0.956. The van der Waals surface area contributed by atoms with Crippen molar-refractivity contribution in [1.29, 1.82) is 0 Å². The van der Waals surface area contributed by atoms with E-state index in [-0.39, 0.29) is 5.56 Å². The van der Waals surface area contributed by atoms with Gasteiger partial charge < -0.3 is 5.11 Å². The zero-order chi connectivity index (χ0) is 12.3. The number of carboxylic acid groups (broad SMARTS) is 1. The van der Waals surface area contributed by atoms with Crippen molar-refractivity contribution in [1.82, 2.24) is 4.98 Å². The zero-order valence-corrected chi connectivity index (χ0v) is 10.1. The Morgan fingerprint density at radius 3 is 2.53 bits per heavy atom. The van der Waals surface area contributed by atoms with Crippen molar-refractivity contribution in [3.8, 4) is 11.3 Å². The van der Waals surface area contributed by atoms with E-state index in [1.54, 1.807) is 30.1 Å². The molecule has 0 fully saturated rings. The molecule has 1 aromatic carbocycles. The molecule has 17 heavy (non-hydrogen) atoms. The van der Waals surface area contributed by atoms with Gasteiger partial charge in [-0.15, -0.1) is 11.8 Å². The molecule has 0 aliphatic carbocycles. The van der Waals surface area contributed by atoms with Gasteiger partial charge >= 0.3 is 5.97 Å². The molecule has 0 unspecified atom stereocenters. The van der Waals surface area contributed by atoms with E-state index in [1.165, 1.54) is 0 Å².